The Morgan fingerprint density at radius 3 is 3.00 bits per heavy atom. The van der Waals surface area contributed by atoms with E-state index in [-0.39, 0.29) is 24.6 Å². The summed E-state index contributed by atoms with van der Waals surface area (Å²) in [5.74, 6) is -2.63. The molecular weight excluding hydrogens is 358 g/mol. The normalized spacial score (nSPS) is 22.8. The quantitative estimate of drug-likeness (QED) is 0.717. The molecule has 0 aromatic carbocycles. The minimum Gasteiger partial charge on any atom is -0.323 e. The van der Waals surface area contributed by atoms with Crippen molar-refractivity contribution in [3.05, 3.63) is 40.1 Å². The standard InChI is InChI=1S/C18H18F2N4OS/c19-18(20)4-5-24(9-18)13-3-1-2-11-12-6-14(10-7-21-22-8-10)26-16(12)17(25)23-15(11)13/h6-8,13H,1-5,9H2,(H,21,22)(H,23,25)/t13-/m0/s1. The summed E-state index contributed by atoms with van der Waals surface area (Å²) in [4.78, 5) is 18.5. The average Bonchev–Trinajstić information content (AvgIpc) is 3.33. The Kier molecular flexibility index (Phi) is 3.55. The fraction of sp³-hybridized carbons (Fsp3) is 0.444. The third-order valence-corrected chi connectivity index (χ3v) is 6.68. The second-order valence-electron chi connectivity index (χ2n) is 7.17. The summed E-state index contributed by atoms with van der Waals surface area (Å²) in [6, 6.07) is 1.92. The van der Waals surface area contributed by atoms with Gasteiger partial charge in [0.25, 0.3) is 11.5 Å². The molecule has 3 aromatic heterocycles. The van der Waals surface area contributed by atoms with Gasteiger partial charge in [-0.3, -0.25) is 14.8 Å². The predicted molar refractivity (Wildman–Crippen MR) is 96.8 cm³/mol. The Bertz CT molecular complexity index is 1020. The highest BCUT2D eigenvalue weighted by Crippen LogP contribution is 2.42. The van der Waals surface area contributed by atoms with E-state index in [0.717, 1.165) is 46.3 Å². The minimum absolute atomic E-state index is 0.103. The molecule has 136 valence electrons. The summed E-state index contributed by atoms with van der Waals surface area (Å²) in [6.07, 6.45) is 6.06. The van der Waals surface area contributed by atoms with Crippen LogP contribution in [0.3, 0.4) is 0 Å². The fourth-order valence-corrected chi connectivity index (χ4v) is 5.34. The Balaban J connectivity index is 1.63. The Labute approximate surface area is 152 Å². The Morgan fingerprint density at radius 2 is 2.27 bits per heavy atom. The van der Waals surface area contributed by atoms with Gasteiger partial charge in [-0.25, -0.2) is 8.78 Å². The lowest BCUT2D eigenvalue weighted by atomic mass is 9.89. The van der Waals surface area contributed by atoms with Gasteiger partial charge in [0.2, 0.25) is 0 Å². The Hall–Kier alpha value is -2.06. The zero-order valence-corrected chi connectivity index (χ0v) is 14.8. The summed E-state index contributed by atoms with van der Waals surface area (Å²) in [6.45, 7) is 0.155. The molecule has 2 N–H and O–H groups in total. The summed E-state index contributed by atoms with van der Waals surface area (Å²) in [5, 5.41) is 7.73. The molecule has 1 aliphatic carbocycles. The molecule has 0 radical (unpaired) electrons. The van der Waals surface area contributed by atoms with E-state index in [9.17, 15) is 13.6 Å². The summed E-state index contributed by atoms with van der Waals surface area (Å²) in [5.41, 5.74) is 2.77. The van der Waals surface area contributed by atoms with Crippen molar-refractivity contribution in [1.29, 1.82) is 0 Å². The summed E-state index contributed by atoms with van der Waals surface area (Å²) >= 11 is 1.45. The van der Waals surface area contributed by atoms with E-state index >= 15 is 0 Å². The van der Waals surface area contributed by atoms with Gasteiger partial charge in [-0.1, -0.05) is 0 Å². The number of alkyl halides is 2. The van der Waals surface area contributed by atoms with Crippen LogP contribution in [0.5, 0.6) is 0 Å². The molecule has 0 bridgehead atoms. The highest BCUT2D eigenvalue weighted by atomic mass is 32.1. The number of halogens is 2. The maximum Gasteiger partial charge on any atom is 0.266 e. The smallest absolute Gasteiger partial charge is 0.266 e. The first-order valence-electron chi connectivity index (χ1n) is 8.81. The van der Waals surface area contributed by atoms with Crippen molar-refractivity contribution in [2.45, 2.75) is 37.6 Å². The van der Waals surface area contributed by atoms with Crippen LogP contribution in [-0.2, 0) is 6.42 Å². The highest BCUT2D eigenvalue weighted by molar-refractivity contribution is 7.22. The molecule has 2 aliphatic rings. The van der Waals surface area contributed by atoms with Crippen molar-refractivity contribution in [3.63, 3.8) is 0 Å². The van der Waals surface area contributed by atoms with Crippen molar-refractivity contribution < 1.29 is 8.78 Å². The number of aryl methyl sites for hydroxylation is 1. The molecule has 0 unspecified atom stereocenters. The minimum atomic E-state index is -2.63. The number of aromatic nitrogens is 3. The topological polar surface area (TPSA) is 64.8 Å². The maximum absolute atomic E-state index is 13.7. The summed E-state index contributed by atoms with van der Waals surface area (Å²) < 4.78 is 28.1. The first-order valence-corrected chi connectivity index (χ1v) is 9.63. The Morgan fingerprint density at radius 1 is 1.38 bits per heavy atom. The van der Waals surface area contributed by atoms with Gasteiger partial charge in [0.05, 0.1) is 18.8 Å². The van der Waals surface area contributed by atoms with Crippen LogP contribution in [0, 0.1) is 0 Å². The molecule has 1 saturated heterocycles. The molecule has 5 rings (SSSR count). The second-order valence-corrected chi connectivity index (χ2v) is 8.22. The van der Waals surface area contributed by atoms with E-state index in [0.29, 0.717) is 11.2 Å². The first-order chi connectivity index (χ1) is 12.5. The number of nitrogens with one attached hydrogen (secondary N) is 2. The number of aromatic amines is 2. The molecule has 0 spiro atoms. The molecular formula is C18H18F2N4OS. The van der Waals surface area contributed by atoms with Crippen LogP contribution in [0.15, 0.2) is 23.3 Å². The predicted octanol–water partition coefficient (Wildman–Crippen LogP) is 3.70. The van der Waals surface area contributed by atoms with Gasteiger partial charge in [0, 0.05) is 40.7 Å². The molecule has 0 saturated carbocycles. The monoisotopic (exact) mass is 376 g/mol. The molecule has 4 heterocycles. The van der Waals surface area contributed by atoms with Crippen LogP contribution in [0.25, 0.3) is 20.5 Å². The van der Waals surface area contributed by atoms with Crippen molar-refractivity contribution in [2.75, 3.05) is 13.1 Å². The molecule has 8 heteroatoms. The van der Waals surface area contributed by atoms with Crippen LogP contribution in [0.2, 0.25) is 0 Å². The molecule has 3 aromatic rings. The van der Waals surface area contributed by atoms with E-state index < -0.39 is 5.92 Å². The van der Waals surface area contributed by atoms with Gasteiger partial charge < -0.3 is 4.98 Å². The van der Waals surface area contributed by atoms with Gasteiger partial charge in [-0.15, -0.1) is 11.3 Å². The van der Waals surface area contributed by atoms with Crippen molar-refractivity contribution in [3.8, 4) is 10.4 Å². The van der Waals surface area contributed by atoms with E-state index in [1.54, 1.807) is 12.4 Å². The van der Waals surface area contributed by atoms with E-state index in [4.69, 9.17) is 0 Å². The third-order valence-electron chi connectivity index (χ3n) is 5.50. The van der Waals surface area contributed by atoms with Crippen molar-refractivity contribution in [1.82, 2.24) is 20.1 Å². The number of nitrogens with zero attached hydrogens (tertiary/aromatic N) is 2. The van der Waals surface area contributed by atoms with Crippen LogP contribution in [0.4, 0.5) is 8.78 Å². The SMILES string of the molecule is O=c1[nH]c2c(c3cc(-c4cn[nH]c4)sc13)CCC[C@@H]2N1CCC(F)(F)C1. The number of fused-ring (bicyclic) bond motifs is 3. The highest BCUT2D eigenvalue weighted by Gasteiger charge is 2.42. The van der Waals surface area contributed by atoms with Crippen LogP contribution in [0.1, 0.15) is 36.6 Å². The van der Waals surface area contributed by atoms with Crippen LogP contribution < -0.4 is 5.56 Å². The van der Waals surface area contributed by atoms with Gasteiger partial charge in [0.15, 0.2) is 0 Å². The molecule has 0 amide bonds. The second kappa shape index (κ2) is 5.72. The third kappa shape index (κ3) is 2.51. The van der Waals surface area contributed by atoms with E-state index in [1.807, 2.05) is 11.0 Å². The van der Waals surface area contributed by atoms with E-state index in [1.165, 1.54) is 11.3 Å². The lowest BCUT2D eigenvalue weighted by Gasteiger charge is -2.32. The lowest BCUT2D eigenvalue weighted by Crippen LogP contribution is -2.33. The molecule has 1 aliphatic heterocycles. The zero-order chi connectivity index (χ0) is 17.9. The molecule has 5 nitrogen and oxygen atoms in total. The maximum atomic E-state index is 13.7. The molecule has 1 atom stereocenters. The van der Waals surface area contributed by atoms with Gasteiger partial charge in [0.1, 0.15) is 4.70 Å². The zero-order valence-electron chi connectivity index (χ0n) is 14.0. The molecule has 26 heavy (non-hydrogen) atoms. The number of rotatable bonds is 2. The first kappa shape index (κ1) is 16.1. The largest absolute Gasteiger partial charge is 0.323 e. The number of thiophene rings is 1. The number of hydrogen-bond acceptors (Lipinski definition) is 4. The van der Waals surface area contributed by atoms with Crippen molar-refractivity contribution in [2.24, 2.45) is 0 Å². The average molecular weight is 376 g/mol. The molecule has 1 fully saturated rings. The van der Waals surface area contributed by atoms with Gasteiger partial charge in [-0.2, -0.15) is 5.10 Å². The van der Waals surface area contributed by atoms with Gasteiger partial charge >= 0.3 is 0 Å². The van der Waals surface area contributed by atoms with Crippen LogP contribution in [-0.4, -0.2) is 39.1 Å². The van der Waals surface area contributed by atoms with Crippen molar-refractivity contribution >= 4 is 21.4 Å². The number of pyridine rings is 1. The lowest BCUT2D eigenvalue weighted by molar-refractivity contribution is 0.00629. The van der Waals surface area contributed by atoms with Gasteiger partial charge in [-0.05, 0) is 30.9 Å². The van der Waals surface area contributed by atoms with E-state index in [2.05, 4.69) is 15.2 Å². The number of H-pyrrole nitrogens is 2. The fourth-order valence-electron chi connectivity index (χ4n) is 4.28. The summed E-state index contributed by atoms with van der Waals surface area (Å²) in [7, 11) is 0. The number of hydrogen-bond donors (Lipinski definition) is 2. The van der Waals surface area contributed by atoms with Crippen LogP contribution >= 0.6 is 11.3 Å². The number of likely N-dealkylation sites (tertiary alicyclic amines) is 1.